The first-order valence-corrected chi connectivity index (χ1v) is 15.8. The molecule has 2 atom stereocenters. The van der Waals surface area contributed by atoms with Gasteiger partial charge in [0.2, 0.25) is 5.88 Å². The van der Waals surface area contributed by atoms with Gasteiger partial charge in [-0.15, -0.1) is 0 Å². The highest BCUT2D eigenvalue weighted by Gasteiger charge is 2.45. The number of hydrogen-bond acceptors (Lipinski definition) is 7. The highest BCUT2D eigenvalue weighted by Crippen LogP contribution is 2.44. The number of pyridine rings is 1. The van der Waals surface area contributed by atoms with Gasteiger partial charge in [0.05, 0.1) is 11.2 Å². The van der Waals surface area contributed by atoms with Crippen LogP contribution in [-0.4, -0.2) is 58.9 Å². The number of anilines is 1. The van der Waals surface area contributed by atoms with Crippen molar-refractivity contribution in [3.63, 3.8) is 0 Å². The molecule has 42 heavy (non-hydrogen) atoms. The molecule has 0 aliphatic carbocycles. The maximum Gasteiger partial charge on any atom is 0.232 e. The maximum atomic E-state index is 14.4. The molecule has 3 aromatic rings. The van der Waals surface area contributed by atoms with E-state index in [0.717, 1.165) is 72.9 Å². The number of benzene rings is 2. The second-order valence-electron chi connectivity index (χ2n) is 13.3. The Labute approximate surface area is 246 Å². The maximum absolute atomic E-state index is 14.4. The van der Waals surface area contributed by atoms with Crippen LogP contribution in [0, 0.1) is 17.1 Å². The Balaban J connectivity index is 1.20. The molecule has 2 unspecified atom stereocenters. The van der Waals surface area contributed by atoms with Crippen LogP contribution in [0.15, 0.2) is 30.3 Å². The second-order valence-corrected chi connectivity index (χ2v) is 13.3. The minimum atomic E-state index is -0.306. The summed E-state index contributed by atoms with van der Waals surface area (Å²) >= 11 is 0. The molecule has 8 rings (SSSR count). The standard InChI is InChI=1S/C34H38FN5O2/c35-23-4-3-21-15-26(41)17-31(28(21)16-23)39-12-7-27-30(19-39)29(18-36)33(42-20-34-8-1-10-40(34)11-2-9-34)38-32(27)22-13-24-5-6-25(14-22)37-24/h3-4,15-17,22,24-25,37,41H,1-2,5-14,19-20H2. The predicted molar refractivity (Wildman–Crippen MR) is 159 cm³/mol. The molecular weight excluding hydrogens is 529 g/mol. The van der Waals surface area contributed by atoms with Crippen molar-refractivity contribution in [3.8, 4) is 17.7 Å². The summed E-state index contributed by atoms with van der Waals surface area (Å²) in [6, 6.07) is 11.6. The predicted octanol–water partition coefficient (Wildman–Crippen LogP) is 5.52. The average molecular weight is 568 g/mol. The SMILES string of the molecule is N#Cc1c(OCC23CCCN2CCC3)nc(C2CC3CCC(C2)N3)c2c1CN(c1cc(O)cc3ccc(F)cc13)CC2. The first kappa shape index (κ1) is 26.2. The van der Waals surface area contributed by atoms with Crippen LogP contribution in [0.3, 0.4) is 0 Å². The summed E-state index contributed by atoms with van der Waals surface area (Å²) in [6.45, 7) is 4.03. The molecule has 0 radical (unpaired) electrons. The van der Waals surface area contributed by atoms with Gasteiger partial charge >= 0.3 is 0 Å². The van der Waals surface area contributed by atoms with Gasteiger partial charge in [0, 0.05) is 48.2 Å². The Bertz CT molecular complexity index is 1580. The number of nitriles is 1. The number of phenols is 1. The lowest BCUT2D eigenvalue weighted by molar-refractivity contribution is 0.110. The normalized spacial score (nSPS) is 26.3. The number of rotatable bonds is 5. The van der Waals surface area contributed by atoms with Gasteiger partial charge in [-0.05, 0) is 106 Å². The fourth-order valence-electron chi connectivity index (χ4n) is 8.90. The molecule has 5 aliphatic rings. The first-order chi connectivity index (χ1) is 20.5. The van der Waals surface area contributed by atoms with E-state index in [1.165, 1.54) is 43.4 Å². The molecule has 2 aromatic carbocycles. The smallest absolute Gasteiger partial charge is 0.232 e. The van der Waals surface area contributed by atoms with Crippen LogP contribution in [-0.2, 0) is 13.0 Å². The van der Waals surface area contributed by atoms with E-state index in [-0.39, 0.29) is 17.1 Å². The van der Waals surface area contributed by atoms with Crippen LogP contribution >= 0.6 is 0 Å². The molecule has 8 heteroatoms. The number of phenolic OH excluding ortho intramolecular Hbond substituents is 1. The number of nitrogens with zero attached hydrogens (tertiary/aromatic N) is 4. The number of piperidine rings is 1. The van der Waals surface area contributed by atoms with E-state index in [1.54, 1.807) is 18.2 Å². The van der Waals surface area contributed by atoms with Crippen LogP contribution in [0.1, 0.15) is 79.7 Å². The summed E-state index contributed by atoms with van der Waals surface area (Å²) < 4.78 is 21.0. The summed E-state index contributed by atoms with van der Waals surface area (Å²) in [5.74, 6) is 0.679. The van der Waals surface area contributed by atoms with Crippen LogP contribution in [0.4, 0.5) is 10.1 Å². The highest BCUT2D eigenvalue weighted by atomic mass is 19.1. The van der Waals surface area contributed by atoms with Gasteiger partial charge in [-0.25, -0.2) is 9.37 Å². The van der Waals surface area contributed by atoms with Crippen molar-refractivity contribution in [2.24, 2.45) is 0 Å². The molecule has 218 valence electrons. The van der Waals surface area contributed by atoms with Crippen LogP contribution in [0.5, 0.6) is 11.6 Å². The summed E-state index contributed by atoms with van der Waals surface area (Å²) in [7, 11) is 0. The van der Waals surface area contributed by atoms with Crippen LogP contribution in [0.25, 0.3) is 10.8 Å². The van der Waals surface area contributed by atoms with Gasteiger partial charge in [0.1, 0.15) is 29.8 Å². The van der Waals surface area contributed by atoms with E-state index in [1.807, 2.05) is 0 Å². The summed E-state index contributed by atoms with van der Waals surface area (Å²) in [5.41, 5.74) is 4.68. The van der Waals surface area contributed by atoms with Gasteiger partial charge in [-0.3, -0.25) is 4.90 Å². The highest BCUT2D eigenvalue weighted by molar-refractivity contribution is 5.96. The number of nitrogens with one attached hydrogen (secondary N) is 1. The molecule has 2 bridgehead atoms. The lowest BCUT2D eigenvalue weighted by Crippen LogP contribution is -2.43. The molecular formula is C34H38FN5O2. The zero-order valence-electron chi connectivity index (χ0n) is 24.0. The van der Waals surface area contributed by atoms with Gasteiger partial charge in [0.15, 0.2) is 0 Å². The quantitative estimate of drug-likeness (QED) is 0.420. The monoisotopic (exact) mass is 567 g/mol. The Hall–Kier alpha value is -3.41. The van der Waals surface area contributed by atoms with Crippen LogP contribution < -0.4 is 15.0 Å². The molecule has 4 saturated heterocycles. The van der Waals surface area contributed by atoms with Crippen molar-refractivity contribution >= 4 is 16.5 Å². The van der Waals surface area contributed by atoms with E-state index in [0.29, 0.717) is 49.1 Å². The third kappa shape index (κ3) is 4.32. The third-order valence-electron chi connectivity index (χ3n) is 10.9. The average Bonchev–Trinajstić information content (AvgIpc) is 3.68. The van der Waals surface area contributed by atoms with Crippen molar-refractivity contribution in [3.05, 3.63) is 58.5 Å². The Morgan fingerprint density at radius 1 is 1.07 bits per heavy atom. The van der Waals surface area contributed by atoms with Gasteiger partial charge in [-0.2, -0.15) is 5.26 Å². The van der Waals surface area contributed by atoms with E-state index in [2.05, 4.69) is 21.2 Å². The van der Waals surface area contributed by atoms with E-state index < -0.39 is 0 Å². The number of halogens is 1. The molecule has 7 nitrogen and oxygen atoms in total. The minimum absolute atomic E-state index is 0.0644. The number of aromatic hydroxyl groups is 1. The number of fused-ring (bicyclic) bond motifs is 5. The van der Waals surface area contributed by atoms with Crippen molar-refractivity contribution in [1.29, 1.82) is 5.26 Å². The van der Waals surface area contributed by atoms with Gasteiger partial charge in [0.25, 0.3) is 0 Å². The van der Waals surface area contributed by atoms with Gasteiger partial charge < -0.3 is 20.1 Å². The van der Waals surface area contributed by atoms with Gasteiger partial charge in [-0.1, -0.05) is 6.07 Å². The number of hydrogen-bond donors (Lipinski definition) is 2. The fraction of sp³-hybridized carbons (Fsp3) is 0.529. The lowest BCUT2D eigenvalue weighted by atomic mass is 9.83. The summed E-state index contributed by atoms with van der Waals surface area (Å²) in [5, 5.41) is 26.4. The van der Waals surface area contributed by atoms with Crippen molar-refractivity contribution in [2.75, 3.05) is 31.1 Å². The largest absolute Gasteiger partial charge is 0.508 e. The third-order valence-corrected chi connectivity index (χ3v) is 10.9. The summed E-state index contributed by atoms with van der Waals surface area (Å²) in [4.78, 5) is 9.98. The Kier molecular flexibility index (Phi) is 6.31. The van der Waals surface area contributed by atoms with E-state index in [9.17, 15) is 14.8 Å². The molecule has 6 heterocycles. The van der Waals surface area contributed by atoms with Crippen molar-refractivity contribution in [1.82, 2.24) is 15.2 Å². The number of aromatic nitrogens is 1. The topological polar surface area (TPSA) is 84.7 Å². The number of ether oxygens (including phenoxy) is 1. The molecule has 5 aliphatic heterocycles. The Morgan fingerprint density at radius 2 is 1.86 bits per heavy atom. The zero-order valence-corrected chi connectivity index (χ0v) is 24.0. The molecule has 4 fully saturated rings. The second kappa shape index (κ2) is 10.1. The first-order valence-electron chi connectivity index (χ1n) is 15.8. The van der Waals surface area contributed by atoms with Crippen LogP contribution in [0.2, 0.25) is 0 Å². The minimum Gasteiger partial charge on any atom is -0.508 e. The van der Waals surface area contributed by atoms with E-state index >= 15 is 0 Å². The zero-order chi connectivity index (χ0) is 28.4. The van der Waals surface area contributed by atoms with Crippen molar-refractivity contribution in [2.45, 2.75) is 87.9 Å². The summed E-state index contributed by atoms with van der Waals surface area (Å²) in [6.07, 6.45) is 9.99. The lowest BCUT2D eigenvalue weighted by Gasteiger charge is -2.37. The molecule has 2 N–H and O–H groups in total. The van der Waals surface area contributed by atoms with E-state index in [4.69, 9.17) is 9.72 Å². The molecule has 0 amide bonds. The fourth-order valence-corrected chi connectivity index (χ4v) is 8.90. The molecule has 1 aromatic heterocycles. The Morgan fingerprint density at radius 3 is 2.62 bits per heavy atom. The molecule has 0 saturated carbocycles. The molecule has 0 spiro atoms. The van der Waals surface area contributed by atoms with Crippen molar-refractivity contribution < 1.29 is 14.2 Å².